The standard InChI is InChI=1S/C15H12N4O3S/c1-9-3-2-4-12-13(9)17-15(23-12)18-14(20)16-10-5-7-11(8-6-10)19(21)22/h2-8H,1H3,(H2,16,17,18,20). The van der Waals surface area contributed by atoms with Gasteiger partial charge in [-0.2, -0.15) is 0 Å². The average Bonchev–Trinajstić information content (AvgIpc) is 2.91. The van der Waals surface area contributed by atoms with Gasteiger partial charge in [-0.25, -0.2) is 9.78 Å². The molecule has 0 radical (unpaired) electrons. The molecule has 1 heterocycles. The Hall–Kier alpha value is -3.00. The number of benzene rings is 2. The van der Waals surface area contributed by atoms with E-state index in [0.717, 1.165) is 15.8 Å². The first kappa shape index (κ1) is 14.9. The van der Waals surface area contributed by atoms with Gasteiger partial charge in [-0.05, 0) is 30.7 Å². The van der Waals surface area contributed by atoms with Crippen molar-refractivity contribution in [3.05, 3.63) is 58.1 Å². The van der Waals surface area contributed by atoms with Crippen molar-refractivity contribution in [3.63, 3.8) is 0 Å². The quantitative estimate of drug-likeness (QED) is 0.557. The number of thiazole rings is 1. The summed E-state index contributed by atoms with van der Waals surface area (Å²) in [6.07, 6.45) is 0. The molecule has 0 saturated carbocycles. The van der Waals surface area contributed by atoms with E-state index in [4.69, 9.17) is 0 Å². The summed E-state index contributed by atoms with van der Waals surface area (Å²) in [6, 6.07) is 11.0. The molecule has 23 heavy (non-hydrogen) atoms. The van der Waals surface area contributed by atoms with Gasteiger partial charge in [0, 0.05) is 17.8 Å². The molecular weight excluding hydrogens is 316 g/mol. The minimum absolute atomic E-state index is 0.0300. The smallest absolute Gasteiger partial charge is 0.308 e. The number of fused-ring (bicyclic) bond motifs is 1. The summed E-state index contributed by atoms with van der Waals surface area (Å²) >= 11 is 1.38. The average molecular weight is 328 g/mol. The summed E-state index contributed by atoms with van der Waals surface area (Å²) in [7, 11) is 0. The van der Waals surface area contributed by atoms with Crippen molar-refractivity contribution in [2.45, 2.75) is 6.92 Å². The molecule has 0 unspecified atom stereocenters. The highest BCUT2D eigenvalue weighted by Gasteiger charge is 2.10. The van der Waals surface area contributed by atoms with Crippen molar-refractivity contribution in [1.82, 2.24) is 4.98 Å². The fourth-order valence-corrected chi connectivity index (χ4v) is 3.00. The van der Waals surface area contributed by atoms with E-state index in [1.54, 1.807) is 0 Å². The number of nitro groups is 1. The zero-order valence-electron chi connectivity index (χ0n) is 12.1. The van der Waals surface area contributed by atoms with Gasteiger partial charge in [-0.15, -0.1) is 0 Å². The number of carbonyl (C=O) groups is 1. The fourth-order valence-electron chi connectivity index (χ4n) is 2.07. The molecule has 0 fully saturated rings. The minimum atomic E-state index is -0.493. The molecule has 0 atom stereocenters. The SMILES string of the molecule is Cc1cccc2sc(NC(=O)Nc3ccc([N+](=O)[O-])cc3)nc12. The second-order valence-corrected chi connectivity index (χ2v) is 5.85. The summed E-state index contributed by atoms with van der Waals surface area (Å²) in [4.78, 5) is 26.5. The first-order valence-electron chi connectivity index (χ1n) is 6.71. The highest BCUT2D eigenvalue weighted by molar-refractivity contribution is 7.22. The van der Waals surface area contributed by atoms with Gasteiger partial charge in [0.1, 0.15) is 0 Å². The number of rotatable bonds is 3. The van der Waals surface area contributed by atoms with Crippen LogP contribution in [0.5, 0.6) is 0 Å². The third kappa shape index (κ3) is 3.27. The third-order valence-corrected chi connectivity index (χ3v) is 4.11. The van der Waals surface area contributed by atoms with E-state index in [2.05, 4.69) is 15.6 Å². The molecule has 8 heteroatoms. The van der Waals surface area contributed by atoms with Crippen LogP contribution in [0.1, 0.15) is 5.56 Å². The summed E-state index contributed by atoms with van der Waals surface area (Å²) in [5.74, 6) is 0. The van der Waals surface area contributed by atoms with Gasteiger partial charge >= 0.3 is 6.03 Å². The third-order valence-electron chi connectivity index (χ3n) is 3.18. The Morgan fingerprint density at radius 2 is 1.91 bits per heavy atom. The van der Waals surface area contributed by atoms with Crippen molar-refractivity contribution in [2.24, 2.45) is 0 Å². The Morgan fingerprint density at radius 3 is 2.57 bits per heavy atom. The summed E-state index contributed by atoms with van der Waals surface area (Å²) in [5.41, 5.74) is 2.34. The van der Waals surface area contributed by atoms with Crippen molar-refractivity contribution in [2.75, 3.05) is 10.6 Å². The summed E-state index contributed by atoms with van der Waals surface area (Å²) < 4.78 is 0.996. The molecule has 0 aliphatic carbocycles. The molecule has 1 aromatic heterocycles. The van der Waals surface area contributed by atoms with Crippen LogP contribution in [0.4, 0.5) is 21.3 Å². The Morgan fingerprint density at radius 1 is 1.17 bits per heavy atom. The van der Waals surface area contributed by atoms with Crippen LogP contribution in [-0.2, 0) is 0 Å². The molecular formula is C15H12N4O3S. The number of hydrogen-bond donors (Lipinski definition) is 2. The Labute approximate surface area is 135 Å². The van der Waals surface area contributed by atoms with Crippen LogP contribution in [-0.4, -0.2) is 15.9 Å². The monoisotopic (exact) mass is 328 g/mol. The van der Waals surface area contributed by atoms with E-state index in [-0.39, 0.29) is 5.69 Å². The molecule has 0 aliphatic rings. The molecule has 2 amide bonds. The van der Waals surface area contributed by atoms with Crippen LogP contribution in [0.25, 0.3) is 10.2 Å². The van der Waals surface area contributed by atoms with E-state index in [1.807, 2.05) is 25.1 Å². The predicted octanol–water partition coefficient (Wildman–Crippen LogP) is 4.16. The molecule has 116 valence electrons. The van der Waals surface area contributed by atoms with Crippen LogP contribution in [0.2, 0.25) is 0 Å². The zero-order chi connectivity index (χ0) is 16.4. The van der Waals surface area contributed by atoms with Gasteiger partial charge < -0.3 is 5.32 Å². The van der Waals surface area contributed by atoms with Gasteiger partial charge in [-0.3, -0.25) is 15.4 Å². The number of nitro benzene ring substituents is 1. The molecule has 0 saturated heterocycles. The van der Waals surface area contributed by atoms with Crippen molar-refractivity contribution in [3.8, 4) is 0 Å². The largest absolute Gasteiger partial charge is 0.325 e. The Bertz CT molecular complexity index is 889. The summed E-state index contributed by atoms with van der Waals surface area (Å²) in [6.45, 7) is 1.96. The molecule has 0 aliphatic heterocycles. The van der Waals surface area contributed by atoms with E-state index in [0.29, 0.717) is 10.8 Å². The van der Waals surface area contributed by atoms with Crippen molar-refractivity contribution < 1.29 is 9.72 Å². The lowest BCUT2D eigenvalue weighted by molar-refractivity contribution is -0.384. The maximum Gasteiger partial charge on any atom is 0.325 e. The number of nitrogens with one attached hydrogen (secondary N) is 2. The second kappa shape index (κ2) is 6.01. The number of urea groups is 1. The maximum atomic E-state index is 12.0. The molecule has 3 rings (SSSR count). The minimum Gasteiger partial charge on any atom is -0.308 e. The first-order chi connectivity index (χ1) is 11.0. The van der Waals surface area contributed by atoms with Crippen molar-refractivity contribution in [1.29, 1.82) is 0 Å². The number of non-ortho nitro benzene ring substituents is 1. The molecule has 3 aromatic rings. The van der Waals surface area contributed by atoms with Crippen LogP contribution in [0.15, 0.2) is 42.5 Å². The maximum absolute atomic E-state index is 12.0. The molecule has 2 N–H and O–H groups in total. The van der Waals surface area contributed by atoms with Crippen molar-refractivity contribution >= 4 is 44.1 Å². The lowest BCUT2D eigenvalue weighted by Crippen LogP contribution is -2.19. The summed E-state index contributed by atoms with van der Waals surface area (Å²) in [5, 5.41) is 16.4. The van der Waals surface area contributed by atoms with Crippen LogP contribution < -0.4 is 10.6 Å². The van der Waals surface area contributed by atoms with Gasteiger partial charge in [0.15, 0.2) is 5.13 Å². The lowest BCUT2D eigenvalue weighted by atomic mass is 10.2. The number of aromatic nitrogens is 1. The van der Waals surface area contributed by atoms with Gasteiger partial charge in [-0.1, -0.05) is 23.5 Å². The molecule has 0 spiro atoms. The lowest BCUT2D eigenvalue weighted by Gasteiger charge is -2.04. The molecule has 2 aromatic carbocycles. The van der Waals surface area contributed by atoms with Crippen LogP contribution in [0.3, 0.4) is 0 Å². The molecule has 7 nitrogen and oxygen atoms in total. The highest BCUT2D eigenvalue weighted by atomic mass is 32.1. The number of anilines is 2. The number of carbonyl (C=O) groups excluding carboxylic acids is 1. The normalized spacial score (nSPS) is 10.5. The number of aryl methyl sites for hydroxylation is 1. The predicted molar refractivity (Wildman–Crippen MR) is 90.1 cm³/mol. The Kier molecular flexibility index (Phi) is 3.90. The topological polar surface area (TPSA) is 97.2 Å². The number of hydrogen-bond acceptors (Lipinski definition) is 5. The van der Waals surface area contributed by atoms with Gasteiger partial charge in [0.25, 0.3) is 5.69 Å². The molecule has 0 bridgehead atoms. The zero-order valence-corrected chi connectivity index (χ0v) is 12.9. The van der Waals surface area contributed by atoms with E-state index >= 15 is 0 Å². The number of nitrogens with zero attached hydrogens (tertiary/aromatic N) is 2. The van der Waals surface area contributed by atoms with E-state index < -0.39 is 11.0 Å². The first-order valence-corrected chi connectivity index (χ1v) is 7.53. The van der Waals surface area contributed by atoms with Gasteiger partial charge in [0.05, 0.1) is 15.1 Å². The fraction of sp³-hybridized carbons (Fsp3) is 0.0667. The van der Waals surface area contributed by atoms with E-state index in [9.17, 15) is 14.9 Å². The second-order valence-electron chi connectivity index (χ2n) is 4.82. The Balaban J connectivity index is 1.70. The van der Waals surface area contributed by atoms with E-state index in [1.165, 1.54) is 35.6 Å². The number of para-hydroxylation sites is 1. The number of amides is 2. The van der Waals surface area contributed by atoms with Crippen LogP contribution in [0, 0.1) is 17.0 Å². The van der Waals surface area contributed by atoms with Crippen LogP contribution >= 0.6 is 11.3 Å². The van der Waals surface area contributed by atoms with Gasteiger partial charge in [0.2, 0.25) is 0 Å². The highest BCUT2D eigenvalue weighted by Crippen LogP contribution is 2.28.